The number of nitrogens with one attached hydrogen (secondary N) is 1. The zero-order chi connectivity index (χ0) is 17.2. The van der Waals surface area contributed by atoms with Crippen molar-refractivity contribution >= 4 is 5.96 Å². The molecule has 3 N–H and O–H groups in total. The molecule has 0 unspecified atom stereocenters. The summed E-state index contributed by atoms with van der Waals surface area (Å²) in [5.41, 5.74) is 6.27. The summed E-state index contributed by atoms with van der Waals surface area (Å²) in [5, 5.41) is 2.99. The predicted molar refractivity (Wildman–Crippen MR) is 87.0 cm³/mol. The summed E-state index contributed by atoms with van der Waals surface area (Å²) < 4.78 is 35.1. The molecule has 0 saturated heterocycles. The topological polar surface area (TPSA) is 68.9 Å². The molecule has 0 atom stereocenters. The number of guanidine groups is 1. The highest BCUT2D eigenvalue weighted by Gasteiger charge is 2.15. The third-order valence-electron chi connectivity index (χ3n) is 3.01. The minimum atomic E-state index is -2.93. The number of para-hydroxylation sites is 1. The van der Waals surface area contributed by atoms with Crippen molar-refractivity contribution in [3.63, 3.8) is 0 Å². The number of hydrogen-bond donors (Lipinski definition) is 2. The quantitative estimate of drug-likeness (QED) is 0.539. The molecule has 23 heavy (non-hydrogen) atoms. The maximum Gasteiger partial charge on any atom is 0.387 e. The van der Waals surface area contributed by atoms with Crippen molar-refractivity contribution in [2.45, 2.75) is 40.3 Å². The molecule has 0 aliphatic heterocycles. The van der Waals surface area contributed by atoms with E-state index in [1.807, 2.05) is 0 Å². The highest BCUT2D eigenvalue weighted by Crippen LogP contribution is 2.33. The van der Waals surface area contributed by atoms with Crippen LogP contribution in [0.3, 0.4) is 0 Å². The van der Waals surface area contributed by atoms with Gasteiger partial charge in [-0.15, -0.1) is 0 Å². The fourth-order valence-electron chi connectivity index (χ4n) is 1.89. The number of nitrogens with two attached hydrogens (primary N) is 1. The first-order chi connectivity index (χ1) is 10.9. The van der Waals surface area contributed by atoms with Gasteiger partial charge in [0.25, 0.3) is 0 Å². The molecule has 1 rings (SSSR count). The van der Waals surface area contributed by atoms with Gasteiger partial charge in [0, 0.05) is 12.1 Å². The van der Waals surface area contributed by atoms with Crippen molar-refractivity contribution in [3.05, 3.63) is 23.8 Å². The molecule has 0 fully saturated rings. The zero-order valence-electron chi connectivity index (χ0n) is 13.8. The van der Waals surface area contributed by atoms with Crippen LogP contribution in [0, 0.1) is 5.92 Å². The second-order valence-corrected chi connectivity index (χ2v) is 5.37. The van der Waals surface area contributed by atoms with Gasteiger partial charge in [0.15, 0.2) is 17.5 Å². The molecule has 5 nitrogen and oxygen atoms in total. The van der Waals surface area contributed by atoms with E-state index in [4.69, 9.17) is 10.5 Å². The van der Waals surface area contributed by atoms with E-state index in [0.29, 0.717) is 24.6 Å². The molecule has 0 radical (unpaired) electrons. The molecule has 1 aromatic carbocycles. The van der Waals surface area contributed by atoms with Crippen LogP contribution >= 0.6 is 0 Å². The Labute approximate surface area is 135 Å². The molecule has 0 amide bonds. The molecule has 0 aliphatic rings. The number of aliphatic imine (C=N–C) groups is 1. The van der Waals surface area contributed by atoms with Crippen LogP contribution < -0.4 is 20.5 Å². The Kier molecular flexibility index (Phi) is 8.15. The largest absolute Gasteiger partial charge is 0.490 e. The van der Waals surface area contributed by atoms with E-state index in [1.165, 1.54) is 0 Å². The number of hydrogen-bond acceptors (Lipinski definition) is 3. The number of halogens is 2. The molecule has 0 heterocycles. The van der Waals surface area contributed by atoms with Crippen molar-refractivity contribution in [1.82, 2.24) is 5.32 Å². The first kappa shape index (κ1) is 19.0. The monoisotopic (exact) mass is 329 g/mol. The Balaban J connectivity index is 2.79. The summed E-state index contributed by atoms with van der Waals surface area (Å²) in [4.78, 5) is 4.16. The molecule has 1 aromatic rings. The van der Waals surface area contributed by atoms with Gasteiger partial charge in [-0.3, -0.25) is 0 Å². The van der Waals surface area contributed by atoms with Crippen LogP contribution in [0.5, 0.6) is 11.5 Å². The average Bonchev–Trinajstić information content (AvgIpc) is 2.47. The van der Waals surface area contributed by atoms with Gasteiger partial charge in [0.05, 0.1) is 13.2 Å². The normalized spacial score (nSPS) is 11.9. The summed E-state index contributed by atoms with van der Waals surface area (Å²) in [6.45, 7) is 4.26. The maximum atomic E-state index is 12.6. The van der Waals surface area contributed by atoms with Crippen molar-refractivity contribution in [1.29, 1.82) is 0 Å². The Morgan fingerprint density at radius 2 is 2.09 bits per heavy atom. The van der Waals surface area contributed by atoms with Crippen molar-refractivity contribution in [2.75, 3.05) is 13.2 Å². The lowest BCUT2D eigenvalue weighted by Gasteiger charge is -2.14. The molecule has 0 spiro atoms. The van der Waals surface area contributed by atoms with Gasteiger partial charge in [-0.2, -0.15) is 8.78 Å². The van der Waals surface area contributed by atoms with E-state index in [0.717, 1.165) is 6.42 Å². The number of nitrogens with zero attached hydrogens (tertiary/aromatic N) is 1. The lowest BCUT2D eigenvalue weighted by atomic mass is 10.1. The van der Waals surface area contributed by atoms with Crippen molar-refractivity contribution in [3.8, 4) is 11.5 Å². The first-order valence-electron chi connectivity index (χ1n) is 7.67. The highest BCUT2D eigenvalue weighted by molar-refractivity contribution is 5.77. The van der Waals surface area contributed by atoms with Crippen LogP contribution in [0.15, 0.2) is 23.2 Å². The maximum absolute atomic E-state index is 12.6. The second kappa shape index (κ2) is 9.86. The van der Waals surface area contributed by atoms with Gasteiger partial charge in [0.1, 0.15) is 0 Å². The smallest absolute Gasteiger partial charge is 0.387 e. The van der Waals surface area contributed by atoms with Crippen LogP contribution in [-0.4, -0.2) is 25.7 Å². The van der Waals surface area contributed by atoms with Gasteiger partial charge in [-0.05, 0) is 25.3 Å². The fraction of sp³-hybridized carbons (Fsp3) is 0.562. The Hall–Kier alpha value is -2.05. The molecule has 0 aliphatic carbocycles. The number of benzene rings is 1. The van der Waals surface area contributed by atoms with Crippen molar-refractivity contribution < 1.29 is 18.3 Å². The molecule has 7 heteroatoms. The standard InChI is InChI=1S/C16H25F2N3O2/c1-4-22-13-7-5-6-12(14(13)23-15(17)18)10-21-16(19)20-9-8-11(2)3/h5-7,11,15H,4,8-10H2,1-3H3,(H3,19,20,21). The Bertz CT molecular complexity index is 508. The zero-order valence-corrected chi connectivity index (χ0v) is 13.8. The molecular formula is C16H25F2N3O2. The highest BCUT2D eigenvalue weighted by atomic mass is 19.3. The van der Waals surface area contributed by atoms with Crippen LogP contribution in [0.4, 0.5) is 8.78 Å². The summed E-state index contributed by atoms with van der Waals surface area (Å²) in [6, 6.07) is 4.94. The number of ether oxygens (including phenoxy) is 2. The minimum Gasteiger partial charge on any atom is -0.490 e. The Morgan fingerprint density at radius 1 is 1.35 bits per heavy atom. The second-order valence-electron chi connectivity index (χ2n) is 5.37. The van der Waals surface area contributed by atoms with Crippen LogP contribution in [-0.2, 0) is 6.54 Å². The third-order valence-corrected chi connectivity index (χ3v) is 3.01. The molecule has 0 aromatic heterocycles. The lowest BCUT2D eigenvalue weighted by Crippen LogP contribution is -2.32. The molecule has 130 valence electrons. The van der Waals surface area contributed by atoms with Crippen LogP contribution in [0.1, 0.15) is 32.8 Å². The summed E-state index contributed by atoms with van der Waals surface area (Å²) in [7, 11) is 0. The third kappa shape index (κ3) is 7.17. The van der Waals surface area contributed by atoms with Crippen LogP contribution in [0.2, 0.25) is 0 Å². The Morgan fingerprint density at radius 3 is 2.70 bits per heavy atom. The number of alkyl halides is 2. The van der Waals surface area contributed by atoms with E-state index >= 15 is 0 Å². The molecule has 0 saturated carbocycles. The van der Waals surface area contributed by atoms with Crippen molar-refractivity contribution in [2.24, 2.45) is 16.6 Å². The van der Waals surface area contributed by atoms with E-state index in [9.17, 15) is 8.78 Å². The number of rotatable bonds is 9. The lowest BCUT2D eigenvalue weighted by molar-refractivity contribution is -0.0520. The SMILES string of the molecule is CCOc1cccc(CN=C(N)NCCC(C)C)c1OC(F)F. The predicted octanol–water partition coefficient (Wildman–Crippen LogP) is 3.14. The molecule has 0 bridgehead atoms. The van der Waals surface area contributed by atoms with Gasteiger partial charge in [-0.25, -0.2) is 4.99 Å². The van der Waals surface area contributed by atoms with Gasteiger partial charge in [0.2, 0.25) is 0 Å². The summed E-state index contributed by atoms with van der Waals surface area (Å²) in [5.74, 6) is 1.11. The van der Waals surface area contributed by atoms with Crippen LogP contribution in [0.25, 0.3) is 0 Å². The van der Waals surface area contributed by atoms with Gasteiger partial charge in [-0.1, -0.05) is 26.0 Å². The van der Waals surface area contributed by atoms with E-state index < -0.39 is 6.61 Å². The minimum absolute atomic E-state index is 0.00285. The van der Waals surface area contributed by atoms with Gasteiger partial charge >= 0.3 is 6.61 Å². The summed E-state index contributed by atoms with van der Waals surface area (Å²) >= 11 is 0. The summed E-state index contributed by atoms with van der Waals surface area (Å²) in [6.07, 6.45) is 0.968. The fourth-order valence-corrected chi connectivity index (χ4v) is 1.89. The van der Waals surface area contributed by atoms with E-state index in [1.54, 1.807) is 25.1 Å². The van der Waals surface area contributed by atoms with Gasteiger partial charge < -0.3 is 20.5 Å². The molecular weight excluding hydrogens is 304 g/mol. The first-order valence-corrected chi connectivity index (χ1v) is 7.67. The van der Waals surface area contributed by atoms with E-state index in [-0.39, 0.29) is 24.0 Å². The van der Waals surface area contributed by atoms with E-state index in [2.05, 4.69) is 28.9 Å². The average molecular weight is 329 g/mol.